The van der Waals surface area contributed by atoms with Gasteiger partial charge in [-0.15, -0.1) is 0 Å². The van der Waals surface area contributed by atoms with Gasteiger partial charge in [-0.25, -0.2) is 15.0 Å². The van der Waals surface area contributed by atoms with Crippen molar-refractivity contribution < 1.29 is 4.42 Å². The van der Waals surface area contributed by atoms with Gasteiger partial charge in [0.15, 0.2) is 17.5 Å². The summed E-state index contributed by atoms with van der Waals surface area (Å²) in [6.07, 6.45) is 1.99. The number of hydrogen-bond acceptors (Lipinski definition) is 4. The minimum atomic E-state index is -0.0284. The number of aromatic nitrogens is 3. The van der Waals surface area contributed by atoms with Gasteiger partial charge in [0.2, 0.25) is 0 Å². The Hall–Kier alpha value is -5.87. The quantitative estimate of drug-likeness (QED) is 0.198. The maximum Gasteiger partial charge on any atom is 0.164 e. The highest BCUT2D eigenvalue weighted by molar-refractivity contribution is 6.06. The molecule has 0 amide bonds. The normalized spacial score (nSPS) is 14.0. The van der Waals surface area contributed by atoms with Crippen LogP contribution in [0.25, 0.3) is 78.4 Å². The Morgan fingerprint density at radius 2 is 1.15 bits per heavy atom. The average Bonchev–Trinajstić information content (AvgIpc) is 3.63. The van der Waals surface area contributed by atoms with Crippen molar-refractivity contribution in [1.82, 2.24) is 15.0 Å². The predicted octanol–water partition coefficient (Wildman–Crippen LogP) is 10.8. The molecule has 2 aliphatic rings. The Labute approximate surface area is 278 Å². The summed E-state index contributed by atoms with van der Waals surface area (Å²) in [4.78, 5) is 15.2. The lowest BCUT2D eigenvalue weighted by atomic mass is 9.78. The second-order valence-corrected chi connectivity index (χ2v) is 13.5. The van der Waals surface area contributed by atoms with E-state index in [0.717, 1.165) is 51.5 Å². The number of hydrogen-bond donors (Lipinski definition) is 0. The van der Waals surface area contributed by atoms with E-state index in [1.165, 1.54) is 44.5 Å². The van der Waals surface area contributed by atoms with Crippen LogP contribution in [0, 0.1) is 0 Å². The SMILES string of the molecule is CC1(C)c2ccccc2-c2c1ccc1c2-c2ccc(-c3nc(-c4ccccc4)nc(-c4ccc5oc6ccccc6c5c4)n3)cc2CC1. The molecule has 0 spiro atoms. The molecule has 228 valence electrons. The van der Waals surface area contributed by atoms with Crippen molar-refractivity contribution in [2.45, 2.75) is 32.1 Å². The number of rotatable bonds is 3. The van der Waals surface area contributed by atoms with Crippen LogP contribution in [0.5, 0.6) is 0 Å². The van der Waals surface area contributed by atoms with E-state index in [0.29, 0.717) is 17.5 Å². The predicted molar refractivity (Wildman–Crippen MR) is 194 cm³/mol. The largest absolute Gasteiger partial charge is 0.456 e. The molecule has 6 aromatic carbocycles. The highest BCUT2D eigenvalue weighted by atomic mass is 16.3. The smallest absolute Gasteiger partial charge is 0.164 e. The van der Waals surface area contributed by atoms with Crippen LogP contribution in [0.15, 0.2) is 132 Å². The zero-order chi connectivity index (χ0) is 32.0. The lowest BCUT2D eigenvalue weighted by Gasteiger charge is -2.26. The van der Waals surface area contributed by atoms with Crippen molar-refractivity contribution in [1.29, 1.82) is 0 Å². The van der Waals surface area contributed by atoms with Gasteiger partial charge in [0.1, 0.15) is 11.2 Å². The van der Waals surface area contributed by atoms with E-state index >= 15 is 0 Å². The minimum Gasteiger partial charge on any atom is -0.456 e. The summed E-state index contributed by atoms with van der Waals surface area (Å²) in [5.41, 5.74) is 15.6. The number of benzene rings is 6. The lowest BCUT2D eigenvalue weighted by molar-refractivity contribution is 0.660. The molecule has 0 unspecified atom stereocenters. The number of aryl methyl sites for hydroxylation is 2. The van der Waals surface area contributed by atoms with Crippen molar-refractivity contribution >= 4 is 21.9 Å². The Morgan fingerprint density at radius 1 is 0.479 bits per heavy atom. The molecule has 48 heavy (non-hydrogen) atoms. The summed E-state index contributed by atoms with van der Waals surface area (Å²) in [7, 11) is 0. The maximum atomic E-state index is 6.11. The van der Waals surface area contributed by atoms with Crippen molar-refractivity contribution in [3.63, 3.8) is 0 Å². The van der Waals surface area contributed by atoms with E-state index in [1.54, 1.807) is 0 Å². The lowest BCUT2D eigenvalue weighted by Crippen LogP contribution is -2.15. The summed E-state index contributed by atoms with van der Waals surface area (Å²) in [5.74, 6) is 1.98. The third kappa shape index (κ3) is 3.99. The second kappa shape index (κ2) is 10.1. The van der Waals surface area contributed by atoms with Gasteiger partial charge in [-0.05, 0) is 87.7 Å². The molecule has 4 heteroatoms. The van der Waals surface area contributed by atoms with Crippen LogP contribution in [-0.2, 0) is 18.3 Å². The molecule has 0 N–H and O–H groups in total. The number of furan rings is 1. The molecule has 0 bridgehead atoms. The van der Waals surface area contributed by atoms with Crippen LogP contribution in [0.2, 0.25) is 0 Å². The minimum absolute atomic E-state index is 0.0284. The summed E-state index contributed by atoms with van der Waals surface area (Å²) < 4.78 is 6.11. The molecule has 0 saturated carbocycles. The molecule has 8 aromatic rings. The first-order valence-corrected chi connectivity index (χ1v) is 16.7. The van der Waals surface area contributed by atoms with E-state index in [1.807, 2.05) is 48.5 Å². The fourth-order valence-corrected chi connectivity index (χ4v) is 8.02. The zero-order valence-electron chi connectivity index (χ0n) is 26.8. The van der Waals surface area contributed by atoms with E-state index in [4.69, 9.17) is 19.4 Å². The molecule has 0 aliphatic heterocycles. The molecule has 2 aromatic heterocycles. The molecule has 0 fully saturated rings. The molecular weight excluding hydrogens is 587 g/mol. The standard InChI is InChI=1S/C44H31N3O/c1-44(2)35-14-8-6-13-33(35)40-36(44)22-19-26-16-17-28-24-29(18-21-31(28)39(26)40)42-45-41(27-10-4-3-5-11-27)46-43(47-42)30-20-23-38-34(25-30)32-12-7-9-15-37(32)48-38/h3-15,18-25H,16-17H2,1-2H3. The second-order valence-electron chi connectivity index (χ2n) is 13.5. The highest BCUT2D eigenvalue weighted by Crippen LogP contribution is 2.54. The number of nitrogens with zero attached hydrogens (tertiary/aromatic N) is 3. The van der Waals surface area contributed by atoms with Crippen molar-refractivity contribution in [2.75, 3.05) is 0 Å². The van der Waals surface area contributed by atoms with E-state index in [2.05, 4.69) is 92.7 Å². The Kier molecular flexibility index (Phi) is 5.72. The highest BCUT2D eigenvalue weighted by Gasteiger charge is 2.38. The molecule has 0 radical (unpaired) electrons. The molecular formula is C44H31N3O. The van der Waals surface area contributed by atoms with E-state index in [9.17, 15) is 0 Å². The fourth-order valence-electron chi connectivity index (χ4n) is 8.02. The van der Waals surface area contributed by atoms with Gasteiger partial charge in [-0.2, -0.15) is 0 Å². The van der Waals surface area contributed by atoms with Crippen LogP contribution in [0.4, 0.5) is 0 Å². The van der Waals surface area contributed by atoms with Crippen LogP contribution >= 0.6 is 0 Å². The Bertz CT molecular complexity index is 2600. The molecule has 4 nitrogen and oxygen atoms in total. The fraction of sp³-hybridized carbons (Fsp3) is 0.114. The average molecular weight is 618 g/mol. The number of para-hydroxylation sites is 1. The van der Waals surface area contributed by atoms with Gasteiger partial charge in [0.05, 0.1) is 0 Å². The van der Waals surface area contributed by atoms with Gasteiger partial charge < -0.3 is 4.42 Å². The third-order valence-electron chi connectivity index (χ3n) is 10.4. The molecule has 0 atom stereocenters. The molecule has 0 saturated heterocycles. The summed E-state index contributed by atoms with van der Waals surface area (Å²) >= 11 is 0. The van der Waals surface area contributed by atoms with Crippen molar-refractivity contribution in [3.05, 3.63) is 150 Å². The summed E-state index contributed by atoms with van der Waals surface area (Å²) in [6.45, 7) is 4.71. The van der Waals surface area contributed by atoms with Gasteiger partial charge in [-0.1, -0.05) is 111 Å². The van der Waals surface area contributed by atoms with Gasteiger partial charge in [-0.3, -0.25) is 0 Å². The van der Waals surface area contributed by atoms with Crippen LogP contribution < -0.4 is 0 Å². The molecule has 2 heterocycles. The summed E-state index contributed by atoms with van der Waals surface area (Å²) in [5, 5.41) is 2.13. The van der Waals surface area contributed by atoms with Crippen molar-refractivity contribution in [3.8, 4) is 56.4 Å². The monoisotopic (exact) mass is 617 g/mol. The van der Waals surface area contributed by atoms with Crippen molar-refractivity contribution in [2.24, 2.45) is 0 Å². The Balaban J connectivity index is 1.14. The topological polar surface area (TPSA) is 51.8 Å². The maximum absolute atomic E-state index is 6.11. The van der Waals surface area contributed by atoms with Gasteiger partial charge >= 0.3 is 0 Å². The molecule has 2 aliphatic carbocycles. The van der Waals surface area contributed by atoms with Crippen LogP contribution in [-0.4, -0.2) is 15.0 Å². The van der Waals surface area contributed by atoms with E-state index in [-0.39, 0.29) is 5.41 Å². The van der Waals surface area contributed by atoms with Gasteiger partial charge in [0, 0.05) is 32.9 Å². The summed E-state index contributed by atoms with van der Waals surface area (Å²) in [6, 6.07) is 45.0. The van der Waals surface area contributed by atoms with Crippen LogP contribution in [0.1, 0.15) is 36.1 Å². The van der Waals surface area contributed by atoms with E-state index < -0.39 is 0 Å². The first-order valence-electron chi connectivity index (χ1n) is 16.7. The number of fused-ring (bicyclic) bond motifs is 10. The first-order chi connectivity index (χ1) is 23.5. The third-order valence-corrected chi connectivity index (χ3v) is 10.4. The Morgan fingerprint density at radius 3 is 2.00 bits per heavy atom. The van der Waals surface area contributed by atoms with Crippen LogP contribution in [0.3, 0.4) is 0 Å². The zero-order valence-corrected chi connectivity index (χ0v) is 26.8. The van der Waals surface area contributed by atoms with Gasteiger partial charge in [0.25, 0.3) is 0 Å². The first kappa shape index (κ1) is 27.3. The molecule has 10 rings (SSSR count).